The Morgan fingerprint density at radius 3 is 2.45 bits per heavy atom. The lowest BCUT2D eigenvalue weighted by molar-refractivity contribution is -0.190. The monoisotopic (exact) mass is 276 g/mol. The maximum atomic E-state index is 12.8. The smallest absolute Gasteiger partial charge is 0.213 e. The molecule has 1 heterocycles. The van der Waals surface area contributed by atoms with Crippen LogP contribution >= 0.6 is 22.6 Å². The molecule has 0 aromatic heterocycles. The van der Waals surface area contributed by atoms with Crippen LogP contribution in [0.2, 0.25) is 0 Å². The zero-order valence-electron chi connectivity index (χ0n) is 5.95. The van der Waals surface area contributed by atoms with Gasteiger partial charge in [-0.3, -0.25) is 0 Å². The van der Waals surface area contributed by atoms with E-state index in [4.69, 9.17) is 4.74 Å². The molecule has 0 radical (unpaired) electrons. The third-order valence-corrected chi connectivity index (χ3v) is 3.05. The number of aliphatic hydroxyl groups excluding tert-OH is 2. The van der Waals surface area contributed by atoms with Crippen LogP contribution in [0.4, 0.5) is 4.39 Å². The van der Waals surface area contributed by atoms with Gasteiger partial charge in [-0.15, -0.1) is 0 Å². The topological polar surface area (TPSA) is 49.7 Å². The maximum Gasteiger partial charge on any atom is 0.213 e. The van der Waals surface area contributed by atoms with Gasteiger partial charge in [0.2, 0.25) is 6.36 Å². The fraction of sp³-hybridized carbons (Fsp3) is 1.00. The number of ether oxygens (including phenoxy) is 1. The molecule has 0 unspecified atom stereocenters. The largest absolute Gasteiger partial charge is 0.389 e. The van der Waals surface area contributed by atoms with Gasteiger partial charge in [0.05, 0.1) is 16.1 Å². The summed E-state index contributed by atoms with van der Waals surface area (Å²) in [6.07, 6.45) is -4.13. The summed E-state index contributed by atoms with van der Waals surface area (Å²) in [5.74, 6) is 0. The van der Waals surface area contributed by atoms with E-state index < -0.39 is 28.6 Å². The predicted molar refractivity (Wildman–Crippen MR) is 45.3 cm³/mol. The van der Waals surface area contributed by atoms with Gasteiger partial charge in [-0.25, -0.2) is 4.39 Å². The van der Waals surface area contributed by atoms with Crippen molar-refractivity contribution in [3.8, 4) is 0 Å². The lowest BCUT2D eigenvalue weighted by Gasteiger charge is -2.35. The minimum absolute atomic E-state index is 0.633. The Bertz CT molecular complexity index is 132. The van der Waals surface area contributed by atoms with Gasteiger partial charge in [0.25, 0.3) is 0 Å². The van der Waals surface area contributed by atoms with E-state index in [0.717, 1.165) is 0 Å². The highest BCUT2D eigenvalue weighted by Gasteiger charge is 2.41. The Morgan fingerprint density at radius 1 is 1.36 bits per heavy atom. The SMILES string of the molecule is C[C@H]1O[C@H](F)[C@@H](I)[C@@H](O)[C@@H]1O. The molecule has 2 N–H and O–H groups in total. The molecule has 5 heteroatoms. The van der Waals surface area contributed by atoms with Gasteiger partial charge in [0.1, 0.15) is 6.10 Å². The molecule has 0 bridgehead atoms. The minimum Gasteiger partial charge on any atom is -0.389 e. The normalized spacial score (nSPS) is 52.6. The third kappa shape index (κ3) is 1.82. The van der Waals surface area contributed by atoms with Gasteiger partial charge >= 0.3 is 0 Å². The van der Waals surface area contributed by atoms with E-state index >= 15 is 0 Å². The molecule has 0 spiro atoms. The molecule has 0 amide bonds. The van der Waals surface area contributed by atoms with Crippen molar-refractivity contribution in [2.75, 3.05) is 0 Å². The van der Waals surface area contributed by atoms with E-state index in [1.165, 1.54) is 6.92 Å². The van der Waals surface area contributed by atoms with Gasteiger partial charge < -0.3 is 14.9 Å². The van der Waals surface area contributed by atoms with Crippen molar-refractivity contribution in [1.82, 2.24) is 0 Å². The second kappa shape index (κ2) is 3.51. The Kier molecular flexibility index (Phi) is 3.07. The Balaban J connectivity index is 2.63. The van der Waals surface area contributed by atoms with E-state index in [1.807, 2.05) is 0 Å². The van der Waals surface area contributed by atoms with E-state index in [2.05, 4.69) is 0 Å². The fourth-order valence-corrected chi connectivity index (χ4v) is 1.58. The molecule has 0 saturated carbocycles. The van der Waals surface area contributed by atoms with Gasteiger partial charge in [-0.1, -0.05) is 22.6 Å². The Labute approximate surface area is 77.7 Å². The van der Waals surface area contributed by atoms with Crippen molar-refractivity contribution >= 4 is 22.6 Å². The first-order valence-corrected chi connectivity index (χ1v) is 4.58. The summed E-state index contributed by atoms with van der Waals surface area (Å²) in [5, 5.41) is 18.4. The van der Waals surface area contributed by atoms with Crippen molar-refractivity contribution in [2.45, 2.75) is 35.5 Å². The van der Waals surface area contributed by atoms with Crippen LogP contribution in [0.1, 0.15) is 6.92 Å². The second-order valence-electron chi connectivity index (χ2n) is 2.62. The molecule has 11 heavy (non-hydrogen) atoms. The molecule has 1 rings (SSSR count). The van der Waals surface area contributed by atoms with Crippen molar-refractivity contribution in [2.24, 2.45) is 0 Å². The van der Waals surface area contributed by atoms with Gasteiger partial charge in [-0.2, -0.15) is 0 Å². The highest BCUT2D eigenvalue weighted by Crippen LogP contribution is 2.27. The number of halogens is 2. The highest BCUT2D eigenvalue weighted by atomic mass is 127. The van der Waals surface area contributed by atoms with Gasteiger partial charge in [0.15, 0.2) is 0 Å². The molecule has 0 aromatic carbocycles. The Morgan fingerprint density at radius 2 is 1.91 bits per heavy atom. The number of rotatable bonds is 0. The Hall–Kier alpha value is 0.540. The molecular weight excluding hydrogens is 266 g/mol. The summed E-state index contributed by atoms with van der Waals surface area (Å²) in [5.41, 5.74) is 0. The molecular formula is C6H10FIO3. The van der Waals surface area contributed by atoms with Crippen LogP contribution in [0, 0.1) is 0 Å². The van der Waals surface area contributed by atoms with E-state index in [0.29, 0.717) is 0 Å². The van der Waals surface area contributed by atoms with Crippen LogP contribution < -0.4 is 0 Å². The molecule has 66 valence electrons. The molecule has 0 aliphatic carbocycles. The van der Waals surface area contributed by atoms with Crippen molar-refractivity contribution < 1.29 is 19.3 Å². The zero-order chi connectivity index (χ0) is 8.59. The summed E-state index contributed by atoms with van der Waals surface area (Å²) in [4.78, 5) is 0. The van der Waals surface area contributed by atoms with Crippen LogP contribution in [0.3, 0.4) is 0 Å². The van der Waals surface area contributed by atoms with Crippen LogP contribution in [0.25, 0.3) is 0 Å². The van der Waals surface area contributed by atoms with E-state index in [9.17, 15) is 14.6 Å². The average Bonchev–Trinajstić information content (AvgIpc) is 1.97. The first-order chi connectivity index (χ1) is 5.04. The van der Waals surface area contributed by atoms with Crippen molar-refractivity contribution in [3.63, 3.8) is 0 Å². The lowest BCUT2D eigenvalue weighted by Crippen LogP contribution is -2.52. The molecule has 1 saturated heterocycles. The summed E-state index contributed by atoms with van der Waals surface area (Å²) in [6, 6.07) is 0. The van der Waals surface area contributed by atoms with E-state index in [-0.39, 0.29) is 0 Å². The maximum absolute atomic E-state index is 12.8. The van der Waals surface area contributed by atoms with Crippen LogP contribution in [-0.4, -0.2) is 38.8 Å². The lowest BCUT2D eigenvalue weighted by atomic mass is 10.0. The van der Waals surface area contributed by atoms with Gasteiger partial charge in [-0.05, 0) is 6.92 Å². The molecule has 1 fully saturated rings. The third-order valence-electron chi connectivity index (χ3n) is 1.75. The summed E-state index contributed by atoms with van der Waals surface area (Å²) >= 11 is 1.72. The van der Waals surface area contributed by atoms with Crippen LogP contribution in [0.5, 0.6) is 0 Å². The average molecular weight is 276 g/mol. The highest BCUT2D eigenvalue weighted by molar-refractivity contribution is 14.1. The molecule has 1 aliphatic rings. The summed E-state index contributed by atoms with van der Waals surface area (Å²) in [7, 11) is 0. The van der Waals surface area contributed by atoms with E-state index in [1.54, 1.807) is 22.6 Å². The van der Waals surface area contributed by atoms with Crippen molar-refractivity contribution in [3.05, 3.63) is 0 Å². The second-order valence-corrected chi connectivity index (χ2v) is 4.06. The number of alkyl halides is 2. The zero-order valence-corrected chi connectivity index (χ0v) is 8.10. The number of hydrogen-bond donors (Lipinski definition) is 2. The first-order valence-electron chi connectivity index (χ1n) is 3.33. The van der Waals surface area contributed by atoms with Crippen LogP contribution in [-0.2, 0) is 4.74 Å². The quantitative estimate of drug-likeness (QED) is 0.492. The van der Waals surface area contributed by atoms with Crippen molar-refractivity contribution in [1.29, 1.82) is 0 Å². The predicted octanol–water partition coefficient (Wildman–Crippen LogP) is 0.226. The minimum atomic E-state index is -1.48. The molecule has 3 nitrogen and oxygen atoms in total. The molecule has 0 aromatic rings. The van der Waals surface area contributed by atoms with Crippen LogP contribution in [0.15, 0.2) is 0 Å². The number of hydrogen-bond acceptors (Lipinski definition) is 3. The first kappa shape index (κ1) is 9.63. The summed E-state index contributed by atoms with van der Waals surface area (Å²) in [6.45, 7) is 1.53. The number of aliphatic hydroxyl groups is 2. The summed E-state index contributed by atoms with van der Waals surface area (Å²) < 4.78 is 16.8. The van der Waals surface area contributed by atoms with Gasteiger partial charge in [0, 0.05) is 0 Å². The standard InChI is InChI=1S/C6H10FIO3/c1-2-4(9)5(10)3(8)6(7)11-2/h2-6,9-10H,1H3/t2-,3+,4-,5-,6+/m1/s1. The molecule has 1 aliphatic heterocycles. The molecule has 5 atom stereocenters. The fourth-order valence-electron chi connectivity index (χ4n) is 0.982.